The van der Waals surface area contributed by atoms with Crippen LogP contribution in [0.5, 0.6) is 0 Å². The van der Waals surface area contributed by atoms with Crippen molar-refractivity contribution in [2.45, 2.75) is 63.8 Å². The number of ether oxygens (including phenoxy) is 1. The van der Waals surface area contributed by atoms with E-state index in [-0.39, 0.29) is 12.5 Å². The van der Waals surface area contributed by atoms with Gasteiger partial charge in [-0.2, -0.15) is 0 Å². The Bertz CT molecular complexity index is 438. The predicted molar refractivity (Wildman–Crippen MR) is 96.3 cm³/mol. The molecule has 0 aromatic heterocycles. The maximum atomic E-state index is 14.8. The number of carbonyl (C=O) groups excluding carboxylic acids is 1. The first kappa shape index (κ1) is 19.1. The Balaban J connectivity index is 1.40. The van der Waals surface area contributed by atoms with E-state index < -0.39 is 5.67 Å². The van der Waals surface area contributed by atoms with E-state index in [1.165, 1.54) is 6.42 Å². The molecule has 25 heavy (non-hydrogen) atoms. The minimum Gasteiger partial charge on any atom is -0.373 e. The van der Waals surface area contributed by atoms with Crippen LogP contribution in [0.4, 0.5) is 4.39 Å². The van der Waals surface area contributed by atoms with Crippen LogP contribution in [0.15, 0.2) is 0 Å². The van der Waals surface area contributed by atoms with Gasteiger partial charge >= 0.3 is 0 Å². The van der Waals surface area contributed by atoms with Gasteiger partial charge < -0.3 is 15.0 Å². The predicted octanol–water partition coefficient (Wildman–Crippen LogP) is 1.82. The first-order valence-electron chi connectivity index (χ1n) is 10.0. The smallest absolute Gasteiger partial charge is 0.261 e. The Kier molecular flexibility index (Phi) is 6.34. The lowest BCUT2D eigenvalue weighted by Gasteiger charge is -2.39. The fraction of sp³-hybridized carbons (Fsp3) is 0.947. The normalized spacial score (nSPS) is 35.7. The molecule has 3 saturated heterocycles. The van der Waals surface area contributed by atoms with Gasteiger partial charge in [-0.15, -0.1) is 0 Å². The van der Waals surface area contributed by atoms with Crippen LogP contribution in [0.3, 0.4) is 0 Å². The number of hydrogen-bond donors (Lipinski definition) is 1. The summed E-state index contributed by atoms with van der Waals surface area (Å²) in [6.45, 7) is 9.83. The molecule has 3 heterocycles. The van der Waals surface area contributed by atoms with Crippen LogP contribution in [0.1, 0.15) is 46.0 Å². The Morgan fingerprint density at radius 3 is 2.52 bits per heavy atom. The van der Waals surface area contributed by atoms with Crippen LogP contribution in [-0.4, -0.2) is 79.4 Å². The third-order valence-corrected chi connectivity index (χ3v) is 5.97. The standard InChI is InChI=1S/C19H34FN3O2/c1-15-12-22(13-16(2)25-15)9-4-17-5-10-23(11-6-17)18(24)19(20)7-3-8-21-14-19/h15-17,21H,3-14H2,1-2H3/t15-,16+,19?. The van der Waals surface area contributed by atoms with Gasteiger partial charge in [-0.05, 0) is 65.0 Å². The number of nitrogens with zero attached hydrogens (tertiary/aromatic N) is 2. The van der Waals surface area contributed by atoms with Crippen LogP contribution >= 0.6 is 0 Å². The summed E-state index contributed by atoms with van der Waals surface area (Å²) < 4.78 is 20.6. The van der Waals surface area contributed by atoms with Crippen LogP contribution in [-0.2, 0) is 9.53 Å². The van der Waals surface area contributed by atoms with Gasteiger partial charge in [0.2, 0.25) is 5.67 Å². The molecule has 3 rings (SSSR count). The number of alkyl halides is 1. The molecule has 1 amide bonds. The average Bonchev–Trinajstić information content (AvgIpc) is 2.60. The van der Waals surface area contributed by atoms with E-state index in [0.717, 1.165) is 45.4 Å². The second-order valence-electron chi connectivity index (χ2n) is 8.29. The van der Waals surface area contributed by atoms with Gasteiger partial charge in [0.15, 0.2) is 0 Å². The van der Waals surface area contributed by atoms with Crippen LogP contribution in [0.25, 0.3) is 0 Å². The summed E-state index contributed by atoms with van der Waals surface area (Å²) in [6.07, 6.45) is 4.92. The lowest BCUT2D eigenvalue weighted by atomic mass is 9.90. The quantitative estimate of drug-likeness (QED) is 0.835. The summed E-state index contributed by atoms with van der Waals surface area (Å²) in [5, 5.41) is 3.03. The molecule has 3 aliphatic heterocycles. The molecule has 144 valence electrons. The Morgan fingerprint density at radius 2 is 1.92 bits per heavy atom. The molecule has 3 fully saturated rings. The molecule has 0 spiro atoms. The van der Waals surface area contributed by atoms with Gasteiger partial charge in [0.25, 0.3) is 5.91 Å². The van der Waals surface area contributed by atoms with Gasteiger partial charge in [0.1, 0.15) is 0 Å². The summed E-state index contributed by atoms with van der Waals surface area (Å²) in [6, 6.07) is 0. The second-order valence-corrected chi connectivity index (χ2v) is 8.29. The first-order valence-corrected chi connectivity index (χ1v) is 10.0. The number of rotatable bonds is 4. The topological polar surface area (TPSA) is 44.8 Å². The highest BCUT2D eigenvalue weighted by atomic mass is 19.1. The van der Waals surface area contributed by atoms with Crippen molar-refractivity contribution in [2.24, 2.45) is 5.92 Å². The molecule has 3 atom stereocenters. The van der Waals surface area contributed by atoms with E-state index in [1.807, 2.05) is 0 Å². The number of likely N-dealkylation sites (tertiary alicyclic amines) is 1. The summed E-state index contributed by atoms with van der Waals surface area (Å²) in [5.41, 5.74) is -1.68. The highest BCUT2D eigenvalue weighted by Crippen LogP contribution is 2.28. The molecule has 3 aliphatic rings. The SMILES string of the molecule is C[C@@H]1CN(CCC2CCN(C(=O)C3(F)CCCNC3)CC2)C[C@H](C)O1. The average molecular weight is 355 g/mol. The Hall–Kier alpha value is -0.720. The van der Waals surface area contributed by atoms with Crippen LogP contribution < -0.4 is 5.32 Å². The minimum atomic E-state index is -1.68. The largest absolute Gasteiger partial charge is 0.373 e. The molecule has 0 aliphatic carbocycles. The van der Waals surface area contributed by atoms with Crippen molar-refractivity contribution in [1.82, 2.24) is 15.1 Å². The van der Waals surface area contributed by atoms with Crippen LogP contribution in [0.2, 0.25) is 0 Å². The van der Waals surface area contributed by atoms with Crippen molar-refractivity contribution in [1.29, 1.82) is 0 Å². The van der Waals surface area contributed by atoms with E-state index in [0.29, 0.717) is 37.6 Å². The zero-order valence-electron chi connectivity index (χ0n) is 15.8. The third-order valence-electron chi connectivity index (χ3n) is 5.97. The van der Waals surface area contributed by atoms with E-state index >= 15 is 0 Å². The molecule has 0 aromatic rings. The number of piperidine rings is 2. The van der Waals surface area contributed by atoms with Gasteiger partial charge in [0.05, 0.1) is 12.2 Å². The van der Waals surface area contributed by atoms with Crippen molar-refractivity contribution in [2.75, 3.05) is 45.8 Å². The maximum Gasteiger partial charge on any atom is 0.261 e. The highest BCUT2D eigenvalue weighted by molar-refractivity contribution is 5.85. The number of carbonyl (C=O) groups is 1. The zero-order chi connectivity index (χ0) is 17.9. The maximum absolute atomic E-state index is 14.8. The van der Waals surface area contributed by atoms with E-state index in [2.05, 4.69) is 24.1 Å². The monoisotopic (exact) mass is 355 g/mol. The van der Waals surface area contributed by atoms with Crippen molar-refractivity contribution < 1.29 is 13.9 Å². The molecule has 1 unspecified atom stereocenters. The summed E-state index contributed by atoms with van der Waals surface area (Å²) >= 11 is 0. The third kappa shape index (κ3) is 4.92. The van der Waals surface area contributed by atoms with Crippen molar-refractivity contribution in [3.8, 4) is 0 Å². The van der Waals surface area contributed by atoms with Gasteiger partial charge in [-0.1, -0.05) is 0 Å². The minimum absolute atomic E-state index is 0.180. The van der Waals surface area contributed by atoms with Crippen molar-refractivity contribution >= 4 is 5.91 Å². The molecule has 0 saturated carbocycles. The molecule has 0 radical (unpaired) electrons. The molecule has 6 heteroatoms. The molecule has 5 nitrogen and oxygen atoms in total. The zero-order valence-corrected chi connectivity index (χ0v) is 15.8. The Morgan fingerprint density at radius 1 is 1.24 bits per heavy atom. The molecule has 1 N–H and O–H groups in total. The molecular weight excluding hydrogens is 321 g/mol. The van der Waals surface area contributed by atoms with Crippen LogP contribution in [0, 0.1) is 5.92 Å². The lowest BCUT2D eigenvalue weighted by molar-refractivity contribution is -0.146. The fourth-order valence-corrected chi connectivity index (χ4v) is 4.59. The number of hydrogen-bond acceptors (Lipinski definition) is 4. The van der Waals surface area contributed by atoms with Crippen molar-refractivity contribution in [3.05, 3.63) is 0 Å². The number of morpholine rings is 1. The molecule has 0 bridgehead atoms. The van der Waals surface area contributed by atoms with Gasteiger partial charge in [0, 0.05) is 32.7 Å². The lowest BCUT2D eigenvalue weighted by Crippen LogP contribution is -2.55. The highest BCUT2D eigenvalue weighted by Gasteiger charge is 2.43. The van der Waals surface area contributed by atoms with Gasteiger partial charge in [-0.25, -0.2) is 4.39 Å². The molecular formula is C19H34FN3O2. The Labute approximate surface area is 151 Å². The summed E-state index contributed by atoms with van der Waals surface area (Å²) in [5.74, 6) is 0.367. The number of nitrogens with one attached hydrogen (secondary N) is 1. The van der Waals surface area contributed by atoms with E-state index in [1.54, 1.807) is 4.90 Å². The number of halogens is 1. The number of amides is 1. The molecule has 0 aromatic carbocycles. The summed E-state index contributed by atoms with van der Waals surface area (Å²) in [4.78, 5) is 16.8. The fourth-order valence-electron chi connectivity index (χ4n) is 4.59. The van der Waals surface area contributed by atoms with Gasteiger partial charge in [-0.3, -0.25) is 9.69 Å². The van der Waals surface area contributed by atoms with Crippen molar-refractivity contribution in [3.63, 3.8) is 0 Å². The van der Waals surface area contributed by atoms with E-state index in [9.17, 15) is 9.18 Å². The first-order chi connectivity index (χ1) is 12.0. The summed E-state index contributed by atoms with van der Waals surface area (Å²) in [7, 11) is 0. The second kappa shape index (κ2) is 8.31. The van der Waals surface area contributed by atoms with E-state index in [4.69, 9.17) is 4.74 Å².